The molecule has 0 aromatic heterocycles. The van der Waals surface area contributed by atoms with Crippen LogP contribution in [0.5, 0.6) is 5.75 Å². The first-order valence-corrected chi connectivity index (χ1v) is 11.0. The van der Waals surface area contributed by atoms with E-state index in [1.807, 2.05) is 26.0 Å². The molecule has 9 heteroatoms. The molecule has 0 spiro atoms. The number of benzene rings is 2. The number of nitro groups is 1. The van der Waals surface area contributed by atoms with E-state index in [-0.39, 0.29) is 10.6 Å². The van der Waals surface area contributed by atoms with Crippen LogP contribution in [-0.2, 0) is 10.0 Å². The highest BCUT2D eigenvalue weighted by atomic mass is 32.2. The second-order valence-corrected chi connectivity index (χ2v) is 9.26. The van der Waals surface area contributed by atoms with E-state index in [4.69, 9.17) is 4.74 Å². The van der Waals surface area contributed by atoms with E-state index >= 15 is 0 Å². The summed E-state index contributed by atoms with van der Waals surface area (Å²) < 4.78 is 32.8. The SMILES string of the molecule is Cc1cc(C)cc(OCC[NH+]2CCN(S(=O)(=O)c3ccc([N+](=O)[O-])cc3)CC2)c1. The highest BCUT2D eigenvalue weighted by molar-refractivity contribution is 7.89. The third-order valence-electron chi connectivity index (χ3n) is 5.03. The molecule has 0 unspecified atom stereocenters. The minimum Gasteiger partial charge on any atom is -0.488 e. The zero-order valence-corrected chi connectivity index (χ0v) is 17.4. The fourth-order valence-corrected chi connectivity index (χ4v) is 4.95. The summed E-state index contributed by atoms with van der Waals surface area (Å²) in [6, 6.07) is 11.2. The highest BCUT2D eigenvalue weighted by Crippen LogP contribution is 2.19. The molecular formula is C20H26N3O5S+. The molecular weight excluding hydrogens is 394 g/mol. The number of hydrogen-bond donors (Lipinski definition) is 1. The second kappa shape index (κ2) is 8.89. The van der Waals surface area contributed by atoms with Crippen LogP contribution in [0.2, 0.25) is 0 Å². The summed E-state index contributed by atoms with van der Waals surface area (Å²) in [6.07, 6.45) is 0. The van der Waals surface area contributed by atoms with Gasteiger partial charge in [-0.2, -0.15) is 4.31 Å². The topological polar surface area (TPSA) is 94.2 Å². The number of nitrogens with zero attached hydrogens (tertiary/aromatic N) is 2. The maximum absolute atomic E-state index is 12.8. The molecule has 1 heterocycles. The molecule has 0 atom stereocenters. The number of quaternary nitrogens is 1. The average Bonchev–Trinajstić information content (AvgIpc) is 2.68. The van der Waals surface area contributed by atoms with Crippen LogP contribution in [0.1, 0.15) is 11.1 Å². The molecule has 0 aliphatic carbocycles. The number of nitrogens with one attached hydrogen (secondary N) is 1. The normalized spacial score (nSPS) is 15.9. The fourth-order valence-electron chi connectivity index (χ4n) is 3.51. The Balaban J connectivity index is 1.51. The number of hydrogen-bond acceptors (Lipinski definition) is 5. The molecule has 0 bridgehead atoms. The van der Waals surface area contributed by atoms with Gasteiger partial charge in [0.15, 0.2) is 0 Å². The minimum atomic E-state index is -3.63. The highest BCUT2D eigenvalue weighted by Gasteiger charge is 2.30. The first-order chi connectivity index (χ1) is 13.8. The van der Waals surface area contributed by atoms with E-state index in [2.05, 4.69) is 6.07 Å². The summed E-state index contributed by atoms with van der Waals surface area (Å²) in [7, 11) is -3.63. The smallest absolute Gasteiger partial charge is 0.269 e. The molecule has 156 valence electrons. The predicted octanol–water partition coefficient (Wildman–Crippen LogP) is 1.18. The number of ether oxygens (including phenoxy) is 1. The van der Waals surface area contributed by atoms with Crippen molar-refractivity contribution in [3.8, 4) is 5.75 Å². The van der Waals surface area contributed by atoms with Crippen LogP contribution in [0, 0.1) is 24.0 Å². The van der Waals surface area contributed by atoms with E-state index < -0.39 is 14.9 Å². The van der Waals surface area contributed by atoms with Crippen molar-refractivity contribution in [2.24, 2.45) is 0 Å². The second-order valence-electron chi connectivity index (χ2n) is 7.33. The number of piperazine rings is 1. The lowest BCUT2D eigenvalue weighted by atomic mass is 10.1. The number of non-ortho nitro benzene ring substituents is 1. The van der Waals surface area contributed by atoms with Crippen LogP contribution in [0.25, 0.3) is 0 Å². The zero-order chi connectivity index (χ0) is 21.0. The van der Waals surface area contributed by atoms with E-state index in [1.54, 1.807) is 0 Å². The number of rotatable bonds is 7. The van der Waals surface area contributed by atoms with E-state index in [1.165, 1.54) is 33.5 Å². The van der Waals surface area contributed by atoms with Gasteiger partial charge in [-0.15, -0.1) is 0 Å². The molecule has 1 saturated heterocycles. The van der Waals surface area contributed by atoms with Crippen LogP contribution in [0.3, 0.4) is 0 Å². The van der Waals surface area contributed by atoms with Crippen molar-refractivity contribution in [1.82, 2.24) is 4.31 Å². The predicted molar refractivity (Wildman–Crippen MR) is 109 cm³/mol. The molecule has 1 aliphatic rings. The Morgan fingerprint density at radius 3 is 2.21 bits per heavy atom. The quantitative estimate of drug-likeness (QED) is 0.536. The van der Waals surface area contributed by atoms with Crippen LogP contribution < -0.4 is 9.64 Å². The van der Waals surface area contributed by atoms with Gasteiger partial charge in [0, 0.05) is 12.1 Å². The Morgan fingerprint density at radius 2 is 1.66 bits per heavy atom. The Labute approximate surface area is 170 Å². The zero-order valence-electron chi connectivity index (χ0n) is 16.6. The number of nitro benzene ring substituents is 1. The number of sulfonamides is 1. The van der Waals surface area contributed by atoms with E-state index in [0.717, 1.165) is 23.4 Å². The van der Waals surface area contributed by atoms with Gasteiger partial charge >= 0.3 is 0 Å². The molecule has 3 rings (SSSR count). The van der Waals surface area contributed by atoms with Crippen molar-refractivity contribution in [2.75, 3.05) is 39.3 Å². The van der Waals surface area contributed by atoms with Crippen molar-refractivity contribution >= 4 is 15.7 Å². The largest absolute Gasteiger partial charge is 0.488 e. The van der Waals surface area contributed by atoms with Gasteiger partial charge in [-0.1, -0.05) is 6.07 Å². The van der Waals surface area contributed by atoms with Crippen molar-refractivity contribution in [3.05, 3.63) is 63.7 Å². The standard InChI is InChI=1S/C20H25N3O5S/c1-16-13-17(2)15-19(14-16)28-12-11-21-7-9-22(10-8-21)29(26,27)20-5-3-18(4-6-20)23(24)25/h3-6,13-15H,7-12H2,1-2H3/p+1. The van der Waals surface area contributed by atoms with Crippen LogP contribution >= 0.6 is 0 Å². The van der Waals surface area contributed by atoms with Crippen LogP contribution in [0.15, 0.2) is 47.4 Å². The average molecular weight is 421 g/mol. The number of aryl methyl sites for hydroxylation is 2. The van der Waals surface area contributed by atoms with Crippen molar-refractivity contribution < 1.29 is 23.0 Å². The maximum Gasteiger partial charge on any atom is 0.269 e. The van der Waals surface area contributed by atoms with Gasteiger partial charge in [0.2, 0.25) is 10.0 Å². The van der Waals surface area contributed by atoms with Crippen molar-refractivity contribution in [3.63, 3.8) is 0 Å². The molecule has 2 aromatic rings. The summed E-state index contributed by atoms with van der Waals surface area (Å²) in [5.74, 6) is 0.862. The first-order valence-electron chi connectivity index (χ1n) is 9.55. The lowest BCUT2D eigenvalue weighted by Crippen LogP contribution is -3.15. The van der Waals surface area contributed by atoms with E-state index in [0.29, 0.717) is 32.8 Å². The van der Waals surface area contributed by atoms with E-state index in [9.17, 15) is 18.5 Å². The summed E-state index contributed by atoms with van der Waals surface area (Å²) >= 11 is 0. The summed E-state index contributed by atoms with van der Waals surface area (Å²) in [4.78, 5) is 11.6. The Hall–Kier alpha value is -2.49. The van der Waals surface area contributed by atoms with Gasteiger partial charge in [-0.3, -0.25) is 10.1 Å². The maximum atomic E-state index is 12.8. The molecule has 29 heavy (non-hydrogen) atoms. The van der Waals surface area contributed by atoms with Gasteiger partial charge in [-0.05, 0) is 49.2 Å². The molecule has 0 amide bonds. The molecule has 0 radical (unpaired) electrons. The molecule has 1 fully saturated rings. The van der Waals surface area contributed by atoms with Gasteiger partial charge in [0.25, 0.3) is 5.69 Å². The van der Waals surface area contributed by atoms with Gasteiger partial charge in [0.1, 0.15) is 18.9 Å². The Bertz CT molecular complexity index is 948. The summed E-state index contributed by atoms with van der Waals surface area (Å²) in [5, 5.41) is 10.7. The third kappa shape index (κ3) is 5.31. The molecule has 1 N–H and O–H groups in total. The third-order valence-corrected chi connectivity index (χ3v) is 6.95. The lowest BCUT2D eigenvalue weighted by Gasteiger charge is -2.31. The molecule has 8 nitrogen and oxygen atoms in total. The van der Waals surface area contributed by atoms with Crippen molar-refractivity contribution in [1.29, 1.82) is 0 Å². The Kier molecular flexibility index (Phi) is 6.51. The monoisotopic (exact) mass is 420 g/mol. The minimum absolute atomic E-state index is 0.0877. The molecule has 1 aliphatic heterocycles. The van der Waals surface area contributed by atoms with Gasteiger partial charge < -0.3 is 9.64 Å². The molecule has 2 aromatic carbocycles. The summed E-state index contributed by atoms with van der Waals surface area (Å²) in [6.45, 7) is 7.68. The van der Waals surface area contributed by atoms with Gasteiger partial charge in [0.05, 0.1) is 36.0 Å². The Morgan fingerprint density at radius 1 is 1.07 bits per heavy atom. The van der Waals surface area contributed by atoms with Crippen molar-refractivity contribution in [2.45, 2.75) is 18.7 Å². The first kappa shape index (κ1) is 21.2. The molecule has 0 saturated carbocycles. The van der Waals surface area contributed by atoms with Crippen LogP contribution in [-0.4, -0.2) is 57.0 Å². The fraction of sp³-hybridized carbons (Fsp3) is 0.400. The van der Waals surface area contributed by atoms with Gasteiger partial charge in [-0.25, -0.2) is 8.42 Å². The van der Waals surface area contributed by atoms with Crippen LogP contribution in [0.4, 0.5) is 5.69 Å². The summed E-state index contributed by atoms with van der Waals surface area (Å²) in [5.41, 5.74) is 2.21. The lowest BCUT2D eigenvalue weighted by molar-refractivity contribution is -0.903.